The first-order chi connectivity index (χ1) is 19.6. The zero-order valence-corrected chi connectivity index (χ0v) is 33.2. The van der Waals surface area contributed by atoms with Crippen LogP contribution < -0.4 is 0 Å². The average molecular weight is 629 g/mol. The number of allylic oxidation sites excluding steroid dienone is 3. The first-order valence-electron chi connectivity index (χ1n) is 18.0. The number of hydrogen-bond acceptors (Lipinski definition) is 2. The highest BCUT2D eigenvalue weighted by Gasteiger charge is 2.50. The van der Waals surface area contributed by atoms with Crippen molar-refractivity contribution in [2.45, 2.75) is 182 Å². The van der Waals surface area contributed by atoms with Crippen LogP contribution in [0.1, 0.15) is 133 Å². The van der Waals surface area contributed by atoms with Crippen molar-refractivity contribution in [1.29, 1.82) is 0 Å². The van der Waals surface area contributed by atoms with Gasteiger partial charge in [-0.25, -0.2) is 0 Å². The monoisotopic (exact) mass is 629 g/mol. The summed E-state index contributed by atoms with van der Waals surface area (Å²) < 4.78 is 14.2. The van der Waals surface area contributed by atoms with Crippen LogP contribution in [-0.4, -0.2) is 28.8 Å². The minimum Gasteiger partial charge on any atom is -0.413 e. The van der Waals surface area contributed by atoms with Crippen molar-refractivity contribution in [1.82, 2.24) is 0 Å². The Balaban J connectivity index is 1.87. The van der Waals surface area contributed by atoms with Gasteiger partial charge in [-0.2, -0.15) is 0 Å². The molecular formula is C39H72O2Si2. The molecule has 2 nitrogen and oxygen atoms in total. The van der Waals surface area contributed by atoms with Gasteiger partial charge in [0, 0.05) is 6.42 Å². The molecule has 0 aliphatic heterocycles. The maximum Gasteiger partial charge on any atom is 0.192 e. The topological polar surface area (TPSA) is 18.5 Å². The summed E-state index contributed by atoms with van der Waals surface area (Å²) in [5, 5.41) is 0.366. The van der Waals surface area contributed by atoms with Gasteiger partial charge in [-0.3, -0.25) is 0 Å². The standard InChI is InChI=1S/C39H72O2Si2/c1-28(2)18-16-19-29(3)34-23-24-35-31(20-17-25-39(34,35)11)21-22-32-26-33(40-42(12,13)37(5,6)7)27-36(30(32)4)41-43(14,15)38(8,9)10/h21-22,28-29,33-36H,4,16-20,23-27H2,1-3,5-15H3/b31-21-,32-22+/t29-,33-,34-,35+,36+,39-/m1/s1. The fourth-order valence-electron chi connectivity index (χ4n) is 8.03. The van der Waals surface area contributed by atoms with Crippen LogP contribution in [0.15, 0.2) is 35.5 Å². The molecule has 248 valence electrons. The van der Waals surface area contributed by atoms with Gasteiger partial charge in [-0.1, -0.05) is 113 Å². The minimum atomic E-state index is -1.95. The van der Waals surface area contributed by atoms with Crippen LogP contribution in [0.5, 0.6) is 0 Å². The Kier molecular flexibility index (Phi) is 11.8. The molecule has 0 aromatic rings. The van der Waals surface area contributed by atoms with Gasteiger partial charge in [-0.05, 0) is 115 Å². The lowest BCUT2D eigenvalue weighted by atomic mass is 9.60. The van der Waals surface area contributed by atoms with Crippen LogP contribution in [0.4, 0.5) is 0 Å². The summed E-state index contributed by atoms with van der Waals surface area (Å²) in [4.78, 5) is 0. The van der Waals surface area contributed by atoms with E-state index < -0.39 is 16.6 Å². The molecule has 0 aromatic heterocycles. The van der Waals surface area contributed by atoms with E-state index in [1.807, 2.05) is 0 Å². The summed E-state index contributed by atoms with van der Waals surface area (Å²) in [7, 11) is -3.86. The van der Waals surface area contributed by atoms with Gasteiger partial charge in [0.25, 0.3) is 0 Å². The highest BCUT2D eigenvalue weighted by atomic mass is 28.4. The lowest BCUT2D eigenvalue weighted by molar-refractivity contribution is 0.0927. The Labute approximate surface area is 271 Å². The molecule has 0 heterocycles. The van der Waals surface area contributed by atoms with Crippen molar-refractivity contribution in [3.63, 3.8) is 0 Å². The minimum absolute atomic E-state index is 0.0493. The molecule has 0 unspecified atom stereocenters. The van der Waals surface area contributed by atoms with E-state index in [4.69, 9.17) is 15.4 Å². The Morgan fingerprint density at radius 2 is 1.51 bits per heavy atom. The van der Waals surface area contributed by atoms with Crippen LogP contribution >= 0.6 is 0 Å². The Morgan fingerprint density at radius 1 is 0.907 bits per heavy atom. The van der Waals surface area contributed by atoms with E-state index in [1.54, 1.807) is 5.57 Å². The van der Waals surface area contributed by atoms with Crippen molar-refractivity contribution in [3.05, 3.63) is 35.5 Å². The van der Waals surface area contributed by atoms with Crippen molar-refractivity contribution < 1.29 is 8.85 Å². The van der Waals surface area contributed by atoms with Gasteiger partial charge >= 0.3 is 0 Å². The van der Waals surface area contributed by atoms with E-state index in [1.165, 1.54) is 62.5 Å². The maximum absolute atomic E-state index is 7.09. The highest BCUT2D eigenvalue weighted by Crippen LogP contribution is 2.60. The number of rotatable bonds is 10. The summed E-state index contributed by atoms with van der Waals surface area (Å²) in [5.74, 6) is 3.28. The third-order valence-electron chi connectivity index (χ3n) is 12.9. The second-order valence-electron chi connectivity index (χ2n) is 18.7. The molecular weight excluding hydrogens is 557 g/mol. The summed E-state index contributed by atoms with van der Waals surface area (Å²) >= 11 is 0. The summed E-state index contributed by atoms with van der Waals surface area (Å²) in [6.07, 6.45) is 18.1. The Morgan fingerprint density at radius 3 is 2.09 bits per heavy atom. The lowest BCUT2D eigenvalue weighted by Gasteiger charge is -2.46. The molecule has 0 spiro atoms. The predicted octanol–water partition coefficient (Wildman–Crippen LogP) is 12.6. The van der Waals surface area contributed by atoms with Crippen LogP contribution in [-0.2, 0) is 8.85 Å². The molecule has 0 amide bonds. The van der Waals surface area contributed by atoms with Gasteiger partial charge < -0.3 is 8.85 Å². The Hall–Kier alpha value is -0.426. The number of hydrogen-bond donors (Lipinski definition) is 0. The summed E-state index contributed by atoms with van der Waals surface area (Å²) in [5.41, 5.74) is 4.75. The van der Waals surface area contributed by atoms with E-state index in [2.05, 4.69) is 108 Å². The van der Waals surface area contributed by atoms with Crippen molar-refractivity contribution in [2.24, 2.45) is 29.1 Å². The third kappa shape index (κ3) is 8.69. The third-order valence-corrected chi connectivity index (χ3v) is 21.9. The van der Waals surface area contributed by atoms with E-state index in [0.717, 1.165) is 36.5 Å². The SMILES string of the molecule is C=C1/C(=C/C=C2/CCC[C@]3(C)[C@@H]([C@H](C)CCCC(C)C)CC[C@@H]23)C[C@@H](O[Si](C)(C)C(C)(C)C)C[C@@H]1O[Si](C)(C)C(C)(C)C. The van der Waals surface area contributed by atoms with E-state index in [9.17, 15) is 0 Å². The average Bonchev–Trinajstić information content (AvgIpc) is 3.20. The van der Waals surface area contributed by atoms with Crippen molar-refractivity contribution in [3.8, 4) is 0 Å². The van der Waals surface area contributed by atoms with Crippen molar-refractivity contribution >= 4 is 16.6 Å². The zero-order chi connectivity index (χ0) is 32.6. The van der Waals surface area contributed by atoms with E-state index in [0.29, 0.717) is 5.41 Å². The van der Waals surface area contributed by atoms with Gasteiger partial charge in [0.1, 0.15) is 0 Å². The van der Waals surface area contributed by atoms with Crippen LogP contribution in [0.2, 0.25) is 36.3 Å². The second kappa shape index (κ2) is 13.7. The molecule has 43 heavy (non-hydrogen) atoms. The maximum atomic E-state index is 7.09. The molecule has 0 saturated heterocycles. The zero-order valence-electron chi connectivity index (χ0n) is 31.2. The lowest BCUT2D eigenvalue weighted by Crippen LogP contribution is -2.49. The van der Waals surface area contributed by atoms with Crippen LogP contribution in [0.3, 0.4) is 0 Å². The molecule has 0 N–H and O–H groups in total. The van der Waals surface area contributed by atoms with Gasteiger partial charge in [0.15, 0.2) is 16.6 Å². The molecule has 3 aliphatic rings. The van der Waals surface area contributed by atoms with Gasteiger partial charge in [0.2, 0.25) is 0 Å². The molecule has 0 bridgehead atoms. The van der Waals surface area contributed by atoms with Crippen molar-refractivity contribution in [2.75, 3.05) is 0 Å². The molecule has 3 rings (SSSR count). The molecule has 3 fully saturated rings. The first-order valence-corrected chi connectivity index (χ1v) is 23.8. The molecule has 6 atom stereocenters. The van der Waals surface area contributed by atoms with E-state index in [-0.39, 0.29) is 22.3 Å². The predicted molar refractivity (Wildman–Crippen MR) is 195 cm³/mol. The summed E-state index contributed by atoms with van der Waals surface area (Å²) in [6.45, 7) is 38.3. The fourth-order valence-corrected chi connectivity index (χ4v) is 10.7. The second-order valence-corrected chi connectivity index (χ2v) is 28.2. The van der Waals surface area contributed by atoms with E-state index >= 15 is 0 Å². The van der Waals surface area contributed by atoms with Crippen LogP contribution in [0, 0.1) is 29.1 Å². The molecule has 4 heteroatoms. The highest BCUT2D eigenvalue weighted by molar-refractivity contribution is 6.74. The Bertz CT molecular complexity index is 1020. The molecule has 3 saturated carbocycles. The number of fused-ring (bicyclic) bond motifs is 1. The smallest absolute Gasteiger partial charge is 0.192 e. The summed E-state index contributed by atoms with van der Waals surface area (Å²) in [6, 6.07) is 0. The van der Waals surface area contributed by atoms with Gasteiger partial charge in [0.05, 0.1) is 12.2 Å². The first kappa shape index (κ1) is 37.0. The fraction of sp³-hybridized carbons (Fsp3) is 0.846. The normalized spacial score (nSPS) is 32.1. The quantitative estimate of drug-likeness (QED) is 0.224. The van der Waals surface area contributed by atoms with Crippen LogP contribution in [0.25, 0.3) is 0 Å². The van der Waals surface area contributed by atoms with Gasteiger partial charge in [-0.15, -0.1) is 0 Å². The molecule has 0 aromatic carbocycles. The molecule has 3 aliphatic carbocycles. The largest absolute Gasteiger partial charge is 0.413 e. The molecule has 0 radical (unpaired) electrons.